The van der Waals surface area contributed by atoms with Crippen LogP contribution in [0.4, 0.5) is 10.8 Å². The maximum Gasteiger partial charge on any atom is 0.142 e. The third-order valence-corrected chi connectivity index (χ3v) is 3.91. The van der Waals surface area contributed by atoms with Crippen molar-refractivity contribution >= 4 is 22.4 Å². The van der Waals surface area contributed by atoms with E-state index in [0.717, 1.165) is 29.8 Å². The summed E-state index contributed by atoms with van der Waals surface area (Å²) in [5.74, 6) is 0.642. The number of anilines is 2. The quantitative estimate of drug-likeness (QED) is 0.829. The molecule has 1 fully saturated rings. The topological polar surface area (TPSA) is 60.2 Å². The highest BCUT2D eigenvalue weighted by atomic mass is 32.1. The molecule has 0 radical (unpaired) electrons. The van der Waals surface area contributed by atoms with E-state index < -0.39 is 0 Å². The lowest BCUT2D eigenvalue weighted by atomic mass is 10.2. The molecular weight excluding hydrogens is 210 g/mol. The zero-order valence-corrected chi connectivity index (χ0v) is 9.93. The minimum atomic E-state index is 0.410. The zero-order chi connectivity index (χ0) is 10.8. The van der Waals surface area contributed by atoms with E-state index in [0.29, 0.717) is 18.0 Å². The van der Waals surface area contributed by atoms with Gasteiger partial charge in [0.1, 0.15) is 10.8 Å². The molecule has 5 heteroatoms. The number of nitrogen functional groups attached to an aromatic ring is 1. The van der Waals surface area contributed by atoms with Crippen LogP contribution in [0.2, 0.25) is 0 Å². The fraction of sp³-hybridized carbons (Fsp3) is 0.700. The standard InChI is InChI=1S/C10H17N3OS/c1-6-9(11)13-15-10(6)12-7-3-4-8(5-7)14-2/h7-8,12H,3-5H2,1-2H3,(H2,11,13). The van der Waals surface area contributed by atoms with Crippen molar-refractivity contribution < 1.29 is 4.74 Å². The first kappa shape index (κ1) is 10.7. The number of rotatable bonds is 3. The van der Waals surface area contributed by atoms with Crippen molar-refractivity contribution in [3.05, 3.63) is 5.56 Å². The van der Waals surface area contributed by atoms with E-state index in [1.54, 1.807) is 7.11 Å². The Morgan fingerprint density at radius 1 is 1.53 bits per heavy atom. The number of methoxy groups -OCH3 is 1. The van der Waals surface area contributed by atoms with Gasteiger partial charge in [-0.2, -0.15) is 4.37 Å². The van der Waals surface area contributed by atoms with Crippen molar-refractivity contribution in [1.29, 1.82) is 0 Å². The lowest BCUT2D eigenvalue weighted by molar-refractivity contribution is 0.108. The van der Waals surface area contributed by atoms with Gasteiger partial charge in [-0.05, 0) is 37.7 Å². The van der Waals surface area contributed by atoms with Gasteiger partial charge >= 0.3 is 0 Å². The summed E-state index contributed by atoms with van der Waals surface area (Å²) in [5, 5.41) is 4.60. The summed E-state index contributed by atoms with van der Waals surface area (Å²) in [4.78, 5) is 0. The molecule has 84 valence electrons. The minimum absolute atomic E-state index is 0.410. The Bertz CT molecular complexity index is 339. The van der Waals surface area contributed by atoms with Crippen molar-refractivity contribution in [3.8, 4) is 0 Å². The average molecular weight is 227 g/mol. The summed E-state index contributed by atoms with van der Waals surface area (Å²) in [6, 6.07) is 0.508. The predicted octanol–water partition coefficient (Wildman–Crippen LogP) is 2.01. The van der Waals surface area contributed by atoms with Gasteiger partial charge in [-0.15, -0.1) is 0 Å². The predicted molar refractivity (Wildman–Crippen MR) is 63.3 cm³/mol. The van der Waals surface area contributed by atoms with Gasteiger partial charge in [0.25, 0.3) is 0 Å². The van der Waals surface area contributed by atoms with Gasteiger partial charge < -0.3 is 15.8 Å². The lowest BCUT2D eigenvalue weighted by Gasteiger charge is -2.12. The second-order valence-electron chi connectivity index (χ2n) is 4.03. The molecule has 15 heavy (non-hydrogen) atoms. The van der Waals surface area contributed by atoms with Crippen molar-refractivity contribution in [2.75, 3.05) is 18.2 Å². The minimum Gasteiger partial charge on any atom is -0.383 e. The Balaban J connectivity index is 1.95. The van der Waals surface area contributed by atoms with Gasteiger partial charge in [-0.1, -0.05) is 0 Å². The first-order chi connectivity index (χ1) is 7.20. The van der Waals surface area contributed by atoms with Crippen molar-refractivity contribution in [2.24, 2.45) is 0 Å². The van der Waals surface area contributed by atoms with Crippen molar-refractivity contribution in [2.45, 2.75) is 38.3 Å². The summed E-state index contributed by atoms with van der Waals surface area (Å²) in [6.07, 6.45) is 3.79. The highest BCUT2D eigenvalue weighted by Crippen LogP contribution is 2.30. The maximum absolute atomic E-state index is 5.70. The molecular formula is C10H17N3OS. The summed E-state index contributed by atoms with van der Waals surface area (Å²) in [6.45, 7) is 2.00. The Kier molecular flexibility index (Phi) is 3.11. The summed E-state index contributed by atoms with van der Waals surface area (Å²) >= 11 is 1.44. The summed E-state index contributed by atoms with van der Waals surface area (Å²) in [5.41, 5.74) is 6.77. The van der Waals surface area contributed by atoms with Crippen LogP contribution < -0.4 is 11.1 Å². The largest absolute Gasteiger partial charge is 0.383 e. The number of nitrogens with zero attached hydrogens (tertiary/aromatic N) is 1. The van der Waals surface area contributed by atoms with Crippen molar-refractivity contribution in [3.63, 3.8) is 0 Å². The molecule has 0 bridgehead atoms. The van der Waals surface area contributed by atoms with Crippen LogP contribution in [-0.4, -0.2) is 23.6 Å². The molecule has 0 amide bonds. The molecule has 3 N–H and O–H groups in total. The third-order valence-electron chi connectivity index (χ3n) is 3.01. The van der Waals surface area contributed by atoms with Crippen LogP contribution in [0, 0.1) is 6.92 Å². The van der Waals surface area contributed by atoms with Crippen LogP contribution in [0.1, 0.15) is 24.8 Å². The fourth-order valence-electron chi connectivity index (χ4n) is 1.95. The van der Waals surface area contributed by atoms with Gasteiger partial charge in [0, 0.05) is 18.7 Å². The van der Waals surface area contributed by atoms with E-state index >= 15 is 0 Å². The number of aromatic nitrogens is 1. The lowest BCUT2D eigenvalue weighted by Crippen LogP contribution is -2.17. The van der Waals surface area contributed by atoms with Crippen LogP contribution in [0.3, 0.4) is 0 Å². The Labute approximate surface area is 94.0 Å². The van der Waals surface area contributed by atoms with Gasteiger partial charge in [0.15, 0.2) is 0 Å². The molecule has 2 atom stereocenters. The number of hydrogen-bond donors (Lipinski definition) is 2. The van der Waals surface area contributed by atoms with E-state index in [-0.39, 0.29) is 0 Å². The second-order valence-corrected chi connectivity index (χ2v) is 4.81. The van der Waals surface area contributed by atoms with Gasteiger partial charge in [-0.3, -0.25) is 0 Å². The molecule has 1 aliphatic carbocycles. The number of nitrogens with one attached hydrogen (secondary N) is 1. The third kappa shape index (κ3) is 2.23. The Morgan fingerprint density at radius 3 is 2.87 bits per heavy atom. The van der Waals surface area contributed by atoms with Crippen LogP contribution in [0.15, 0.2) is 0 Å². The second kappa shape index (κ2) is 4.37. The Morgan fingerprint density at radius 2 is 2.33 bits per heavy atom. The molecule has 0 aromatic carbocycles. The molecule has 0 saturated heterocycles. The van der Waals surface area contributed by atoms with E-state index in [2.05, 4.69) is 9.69 Å². The van der Waals surface area contributed by atoms with Gasteiger partial charge in [0.05, 0.1) is 6.10 Å². The summed E-state index contributed by atoms with van der Waals surface area (Å²) in [7, 11) is 1.78. The van der Waals surface area contributed by atoms with Crippen LogP contribution in [0.25, 0.3) is 0 Å². The van der Waals surface area contributed by atoms with E-state index in [1.807, 2.05) is 6.92 Å². The first-order valence-electron chi connectivity index (χ1n) is 5.21. The normalized spacial score (nSPS) is 25.7. The van der Waals surface area contributed by atoms with Gasteiger partial charge in [-0.25, -0.2) is 0 Å². The van der Waals surface area contributed by atoms with Gasteiger partial charge in [0.2, 0.25) is 0 Å². The fourth-order valence-corrected chi connectivity index (χ4v) is 2.74. The summed E-state index contributed by atoms with van der Waals surface area (Å²) < 4.78 is 9.46. The highest BCUT2D eigenvalue weighted by Gasteiger charge is 2.25. The zero-order valence-electron chi connectivity index (χ0n) is 9.12. The molecule has 1 aromatic rings. The van der Waals surface area contributed by atoms with Crippen LogP contribution in [-0.2, 0) is 4.74 Å². The number of ether oxygens (including phenoxy) is 1. The van der Waals surface area contributed by atoms with Crippen LogP contribution in [0.5, 0.6) is 0 Å². The highest BCUT2D eigenvalue weighted by molar-refractivity contribution is 7.10. The molecule has 1 saturated carbocycles. The first-order valence-corrected chi connectivity index (χ1v) is 5.99. The van der Waals surface area contributed by atoms with E-state index in [9.17, 15) is 0 Å². The van der Waals surface area contributed by atoms with Crippen molar-refractivity contribution in [1.82, 2.24) is 4.37 Å². The molecule has 1 aromatic heterocycles. The SMILES string of the molecule is COC1CCC(Nc2snc(N)c2C)C1. The smallest absolute Gasteiger partial charge is 0.142 e. The molecule has 2 unspecified atom stereocenters. The molecule has 1 heterocycles. The molecule has 1 aliphatic rings. The molecule has 0 spiro atoms. The van der Waals surface area contributed by atoms with Crippen LogP contribution >= 0.6 is 11.5 Å². The average Bonchev–Trinajstić information content (AvgIpc) is 2.80. The Hall–Kier alpha value is -0.810. The number of hydrogen-bond acceptors (Lipinski definition) is 5. The van der Waals surface area contributed by atoms with E-state index in [4.69, 9.17) is 10.5 Å². The molecule has 0 aliphatic heterocycles. The molecule has 4 nitrogen and oxygen atoms in total. The maximum atomic E-state index is 5.70. The molecule has 2 rings (SSSR count). The monoisotopic (exact) mass is 227 g/mol. The number of nitrogens with two attached hydrogens (primary N) is 1. The van der Waals surface area contributed by atoms with E-state index in [1.165, 1.54) is 11.5 Å².